The zero-order chi connectivity index (χ0) is 28.4. The van der Waals surface area contributed by atoms with E-state index < -0.39 is 12.0 Å². The molecule has 4 aromatic rings. The van der Waals surface area contributed by atoms with Crippen molar-refractivity contribution in [3.8, 4) is 11.3 Å². The first-order valence-corrected chi connectivity index (χ1v) is 13.5. The van der Waals surface area contributed by atoms with Crippen molar-refractivity contribution in [3.05, 3.63) is 101 Å². The van der Waals surface area contributed by atoms with Crippen LogP contribution in [-0.2, 0) is 9.53 Å². The predicted molar refractivity (Wildman–Crippen MR) is 158 cm³/mol. The zero-order valence-electron chi connectivity index (χ0n) is 22.1. The number of carbonyl (C=O) groups excluding carboxylic acids is 2. The number of nitrogens with zero attached hydrogens (tertiary/aromatic N) is 2. The van der Waals surface area contributed by atoms with Crippen molar-refractivity contribution in [2.24, 2.45) is 5.92 Å². The van der Waals surface area contributed by atoms with Crippen molar-refractivity contribution in [1.29, 1.82) is 0 Å². The molecule has 2 aromatic heterocycles. The summed E-state index contributed by atoms with van der Waals surface area (Å²) in [5.74, 6) is 0.345. The molecule has 2 aromatic carbocycles. The zero-order valence-corrected chi connectivity index (χ0v) is 23.6. The van der Waals surface area contributed by atoms with Gasteiger partial charge in [-0.05, 0) is 60.7 Å². The average molecular weight is 575 g/mol. The fraction of sp³-hybridized carbons (Fsp3) is 0.200. The van der Waals surface area contributed by atoms with Crippen LogP contribution in [-0.4, -0.2) is 29.1 Å². The molecule has 8 nitrogen and oxygen atoms in total. The number of benzene rings is 2. The number of furan rings is 1. The minimum Gasteiger partial charge on any atom is -0.465 e. The molecule has 0 spiro atoms. The highest BCUT2D eigenvalue weighted by atomic mass is 35.5. The number of nitrogens with one attached hydrogen (secondary N) is 2. The Morgan fingerprint density at radius 1 is 1.10 bits per heavy atom. The first-order valence-electron chi connectivity index (χ1n) is 12.7. The van der Waals surface area contributed by atoms with Gasteiger partial charge in [0.25, 0.3) is 0 Å². The highest BCUT2D eigenvalue weighted by Gasteiger charge is 2.43. The molecule has 0 saturated carbocycles. The summed E-state index contributed by atoms with van der Waals surface area (Å²) in [6.07, 6.45) is 1.73. The van der Waals surface area contributed by atoms with Crippen molar-refractivity contribution >= 4 is 52.2 Å². The summed E-state index contributed by atoms with van der Waals surface area (Å²) in [6.45, 7) is 3.63. The molecular weight excluding hydrogens is 548 g/mol. The molecule has 40 heavy (non-hydrogen) atoms. The lowest BCUT2D eigenvalue weighted by Crippen LogP contribution is -2.29. The molecule has 10 heteroatoms. The Kier molecular flexibility index (Phi) is 7.86. The third kappa shape index (κ3) is 5.30. The van der Waals surface area contributed by atoms with E-state index >= 15 is 0 Å². The molecule has 0 aliphatic carbocycles. The van der Waals surface area contributed by atoms with Gasteiger partial charge in [0, 0.05) is 23.4 Å². The second-order valence-corrected chi connectivity index (χ2v) is 10.3. The van der Waals surface area contributed by atoms with Crippen molar-refractivity contribution in [2.75, 3.05) is 17.3 Å². The third-order valence-corrected chi connectivity index (χ3v) is 7.25. The van der Waals surface area contributed by atoms with Gasteiger partial charge in [-0.25, -0.2) is 4.79 Å². The van der Waals surface area contributed by atoms with Gasteiger partial charge in [-0.15, -0.1) is 0 Å². The molecule has 1 aliphatic rings. The summed E-state index contributed by atoms with van der Waals surface area (Å²) in [6, 6.07) is 21.1. The summed E-state index contributed by atoms with van der Waals surface area (Å²) in [4.78, 5) is 31.1. The van der Waals surface area contributed by atoms with E-state index in [9.17, 15) is 9.59 Å². The maximum Gasteiger partial charge on any atom is 0.338 e. The topological polar surface area (TPSA) is 96.7 Å². The summed E-state index contributed by atoms with van der Waals surface area (Å²) < 4.78 is 11.4. The van der Waals surface area contributed by atoms with Gasteiger partial charge >= 0.3 is 5.97 Å². The van der Waals surface area contributed by atoms with Gasteiger partial charge in [0.2, 0.25) is 5.91 Å². The lowest BCUT2D eigenvalue weighted by molar-refractivity contribution is -0.118. The van der Waals surface area contributed by atoms with E-state index in [0.717, 1.165) is 5.69 Å². The highest BCUT2D eigenvalue weighted by Crippen LogP contribution is 2.44. The second-order valence-electron chi connectivity index (χ2n) is 9.54. The van der Waals surface area contributed by atoms with Crippen LogP contribution in [0, 0.1) is 5.92 Å². The van der Waals surface area contributed by atoms with E-state index in [1.54, 1.807) is 30.5 Å². The lowest BCUT2D eigenvalue weighted by Gasteiger charge is -2.26. The fourth-order valence-corrected chi connectivity index (χ4v) is 5.16. The fourth-order valence-electron chi connectivity index (χ4n) is 4.60. The smallest absolute Gasteiger partial charge is 0.338 e. The van der Waals surface area contributed by atoms with E-state index in [2.05, 4.69) is 15.6 Å². The molecule has 1 aliphatic heterocycles. The summed E-state index contributed by atoms with van der Waals surface area (Å²) in [5.41, 5.74) is 3.01. The van der Waals surface area contributed by atoms with Gasteiger partial charge in [0.15, 0.2) is 5.11 Å². The molecule has 1 amide bonds. The van der Waals surface area contributed by atoms with E-state index in [4.69, 9.17) is 33.0 Å². The van der Waals surface area contributed by atoms with Crippen LogP contribution in [0.1, 0.15) is 47.7 Å². The maximum atomic E-state index is 12.4. The van der Waals surface area contributed by atoms with Crippen LogP contribution < -0.4 is 15.5 Å². The maximum absolute atomic E-state index is 12.4. The quantitative estimate of drug-likeness (QED) is 0.189. The number of amides is 1. The molecule has 0 bridgehead atoms. The van der Waals surface area contributed by atoms with Gasteiger partial charge in [0.05, 0.1) is 35.1 Å². The van der Waals surface area contributed by atoms with Crippen LogP contribution in [0.3, 0.4) is 0 Å². The molecule has 1 fully saturated rings. The van der Waals surface area contributed by atoms with Crippen molar-refractivity contribution in [1.82, 2.24) is 10.3 Å². The Morgan fingerprint density at radius 2 is 1.88 bits per heavy atom. The number of anilines is 2. The molecule has 2 N–H and O–H groups in total. The minimum absolute atomic E-state index is 0.128. The normalized spacial score (nSPS) is 16.6. The molecule has 204 valence electrons. The van der Waals surface area contributed by atoms with Crippen LogP contribution in [0.25, 0.3) is 11.3 Å². The first kappa shape index (κ1) is 27.4. The molecule has 1 saturated heterocycles. The van der Waals surface area contributed by atoms with Gasteiger partial charge < -0.3 is 24.7 Å². The largest absolute Gasteiger partial charge is 0.465 e. The Balaban J connectivity index is 1.57. The van der Waals surface area contributed by atoms with Gasteiger partial charge in [-0.2, -0.15) is 0 Å². The number of thiocarbonyl (C=S) groups is 1. The lowest BCUT2D eigenvalue weighted by atomic mass is 10.0. The van der Waals surface area contributed by atoms with Crippen LogP contribution in [0.4, 0.5) is 11.4 Å². The number of hydrogen-bond acceptors (Lipinski definition) is 6. The monoisotopic (exact) mass is 574 g/mol. The van der Waals surface area contributed by atoms with Crippen LogP contribution in [0.5, 0.6) is 0 Å². The number of pyridine rings is 1. The summed E-state index contributed by atoms with van der Waals surface area (Å²) >= 11 is 12.4. The molecule has 3 heterocycles. The van der Waals surface area contributed by atoms with Crippen LogP contribution >= 0.6 is 23.8 Å². The van der Waals surface area contributed by atoms with Crippen molar-refractivity contribution in [3.63, 3.8) is 0 Å². The number of carbonyl (C=O) groups is 2. The van der Waals surface area contributed by atoms with Crippen molar-refractivity contribution in [2.45, 2.75) is 25.9 Å². The SMILES string of the molecule is COC(=O)c1ccccc1-c1ccc([C@@H]2[C@H](c3ccccn3)NC(=S)N2c2ccc(NC(=O)C(C)C)c(Cl)c2)o1. The Morgan fingerprint density at radius 3 is 2.58 bits per heavy atom. The van der Waals surface area contributed by atoms with Gasteiger partial charge in [-0.3, -0.25) is 9.78 Å². The number of aromatic nitrogens is 1. The van der Waals surface area contributed by atoms with E-state index in [0.29, 0.717) is 44.2 Å². The van der Waals surface area contributed by atoms with Crippen molar-refractivity contribution < 1.29 is 18.7 Å². The second kappa shape index (κ2) is 11.5. The minimum atomic E-state index is -0.454. The Hall–Kier alpha value is -4.21. The third-order valence-electron chi connectivity index (χ3n) is 6.63. The van der Waals surface area contributed by atoms with E-state index in [-0.39, 0.29) is 17.9 Å². The first-order chi connectivity index (χ1) is 19.3. The number of esters is 1. The molecule has 2 atom stereocenters. The number of methoxy groups -OCH3 is 1. The molecule has 0 unspecified atom stereocenters. The van der Waals surface area contributed by atoms with E-state index in [1.165, 1.54) is 7.11 Å². The Bertz CT molecular complexity index is 1570. The average Bonchev–Trinajstić information content (AvgIpc) is 3.58. The number of rotatable bonds is 7. The standard InChI is InChI=1S/C30H27ClN4O4S/c1-17(2)28(36)33-22-12-11-18(16-21(22)31)35-27(26(34-30(35)40)23-10-6-7-15-32-23)25-14-13-24(39-25)19-8-4-5-9-20(19)29(37)38-3/h4-17,26-27H,1-3H3,(H,33,36)(H,34,40)/t26-,27+/m0/s1. The van der Waals surface area contributed by atoms with Gasteiger partial charge in [-0.1, -0.05) is 49.7 Å². The van der Waals surface area contributed by atoms with E-state index in [1.807, 2.05) is 67.3 Å². The number of halogens is 1. The predicted octanol–water partition coefficient (Wildman–Crippen LogP) is 6.55. The number of hydrogen-bond donors (Lipinski definition) is 2. The molecule has 5 rings (SSSR count). The number of ether oxygens (including phenoxy) is 1. The summed E-state index contributed by atoms with van der Waals surface area (Å²) in [7, 11) is 1.35. The summed E-state index contributed by atoms with van der Waals surface area (Å²) in [5, 5.41) is 7.07. The van der Waals surface area contributed by atoms with Gasteiger partial charge in [0.1, 0.15) is 17.6 Å². The highest BCUT2D eigenvalue weighted by molar-refractivity contribution is 7.80. The van der Waals surface area contributed by atoms with Crippen LogP contribution in [0.15, 0.2) is 83.4 Å². The van der Waals surface area contributed by atoms with Crippen LogP contribution in [0.2, 0.25) is 5.02 Å². The molecular formula is C30H27ClN4O4S. The Labute approximate surface area is 242 Å². The molecule has 0 radical (unpaired) electrons.